The third kappa shape index (κ3) is 3.01. The number of benzene rings is 1. The van der Waals surface area contributed by atoms with Crippen molar-refractivity contribution in [3.8, 4) is 0 Å². The van der Waals surface area contributed by atoms with Crippen molar-refractivity contribution in [2.24, 2.45) is 0 Å². The Morgan fingerprint density at radius 3 is 2.50 bits per heavy atom. The van der Waals surface area contributed by atoms with E-state index in [0.29, 0.717) is 5.95 Å². The van der Waals surface area contributed by atoms with Crippen molar-refractivity contribution < 1.29 is 0 Å². The summed E-state index contributed by atoms with van der Waals surface area (Å²) in [6.45, 7) is 6.21. The van der Waals surface area contributed by atoms with E-state index in [1.54, 1.807) is 11.8 Å². The van der Waals surface area contributed by atoms with E-state index in [1.165, 1.54) is 16.0 Å². The maximum Gasteiger partial charge on any atom is 0.223 e. The summed E-state index contributed by atoms with van der Waals surface area (Å²) in [5, 5.41) is 3.95. The molecule has 94 valence electrons. The van der Waals surface area contributed by atoms with Gasteiger partial charge in [-0.25, -0.2) is 9.97 Å². The van der Waals surface area contributed by atoms with Crippen molar-refractivity contribution in [2.75, 3.05) is 12.4 Å². The maximum atomic E-state index is 4.45. The molecule has 1 N–H and O–H groups in total. The van der Waals surface area contributed by atoms with Crippen LogP contribution in [0.5, 0.6) is 0 Å². The number of rotatable bonds is 3. The summed E-state index contributed by atoms with van der Waals surface area (Å²) >= 11 is 1.68. The van der Waals surface area contributed by atoms with Crippen LogP contribution >= 0.6 is 11.8 Å². The Hall–Kier alpha value is -1.55. The molecule has 4 heteroatoms. The summed E-state index contributed by atoms with van der Waals surface area (Å²) in [4.78, 5) is 9.98. The smallest absolute Gasteiger partial charge is 0.223 e. The van der Waals surface area contributed by atoms with E-state index in [1.807, 2.05) is 20.0 Å². The molecule has 0 saturated carbocycles. The highest BCUT2D eigenvalue weighted by atomic mass is 32.2. The first kappa shape index (κ1) is 12.9. The maximum absolute atomic E-state index is 4.45. The van der Waals surface area contributed by atoms with Crippen LogP contribution in [0.3, 0.4) is 0 Å². The predicted octanol–water partition coefficient (Wildman–Crippen LogP) is 3.59. The lowest BCUT2D eigenvalue weighted by Gasteiger charge is -2.08. The molecule has 18 heavy (non-hydrogen) atoms. The van der Waals surface area contributed by atoms with Crippen molar-refractivity contribution >= 4 is 17.7 Å². The van der Waals surface area contributed by atoms with Crippen LogP contribution in [0.4, 0.5) is 5.95 Å². The fourth-order valence-corrected chi connectivity index (χ4v) is 2.67. The van der Waals surface area contributed by atoms with E-state index in [0.717, 1.165) is 10.7 Å². The van der Waals surface area contributed by atoms with Gasteiger partial charge in [0, 0.05) is 17.6 Å². The van der Waals surface area contributed by atoms with Crippen LogP contribution in [0.15, 0.2) is 34.2 Å². The fourth-order valence-electron chi connectivity index (χ4n) is 1.73. The highest BCUT2D eigenvalue weighted by molar-refractivity contribution is 7.99. The van der Waals surface area contributed by atoms with Crippen molar-refractivity contribution in [3.05, 3.63) is 41.1 Å². The Labute approximate surface area is 112 Å². The molecular formula is C14H17N3S. The molecule has 0 atom stereocenters. The number of nitrogens with zero attached hydrogens (tertiary/aromatic N) is 2. The minimum atomic E-state index is 0.669. The molecule has 0 radical (unpaired) electrons. The molecule has 1 aromatic heterocycles. The lowest BCUT2D eigenvalue weighted by molar-refractivity contribution is 1.01. The number of aryl methyl sites for hydroxylation is 3. The number of hydrogen-bond acceptors (Lipinski definition) is 4. The van der Waals surface area contributed by atoms with Crippen LogP contribution in [0, 0.1) is 20.8 Å². The Kier molecular flexibility index (Phi) is 3.87. The summed E-state index contributed by atoms with van der Waals surface area (Å²) in [6, 6.07) is 8.47. The lowest BCUT2D eigenvalue weighted by Crippen LogP contribution is -1.98. The van der Waals surface area contributed by atoms with E-state index in [4.69, 9.17) is 0 Å². The van der Waals surface area contributed by atoms with E-state index >= 15 is 0 Å². The van der Waals surface area contributed by atoms with Gasteiger partial charge in [-0.3, -0.25) is 0 Å². The summed E-state index contributed by atoms with van der Waals surface area (Å²) in [6.07, 6.45) is 0. The van der Waals surface area contributed by atoms with Crippen LogP contribution < -0.4 is 5.32 Å². The van der Waals surface area contributed by atoms with Gasteiger partial charge in [0.1, 0.15) is 5.03 Å². The Morgan fingerprint density at radius 1 is 1.06 bits per heavy atom. The van der Waals surface area contributed by atoms with Crippen LogP contribution in [-0.2, 0) is 0 Å². The molecule has 0 aliphatic rings. The monoisotopic (exact) mass is 259 g/mol. The van der Waals surface area contributed by atoms with Gasteiger partial charge in [-0.1, -0.05) is 29.5 Å². The second-order valence-electron chi connectivity index (χ2n) is 4.29. The average Bonchev–Trinajstić information content (AvgIpc) is 2.32. The molecule has 0 unspecified atom stereocenters. The molecule has 0 aliphatic carbocycles. The van der Waals surface area contributed by atoms with Gasteiger partial charge in [0.2, 0.25) is 5.95 Å². The SMILES string of the molecule is CNc1nc(C)cc(Sc2ccc(C)cc2C)n1. The second kappa shape index (κ2) is 5.40. The Balaban J connectivity index is 2.30. The second-order valence-corrected chi connectivity index (χ2v) is 5.35. The average molecular weight is 259 g/mol. The highest BCUT2D eigenvalue weighted by Crippen LogP contribution is 2.30. The van der Waals surface area contributed by atoms with Gasteiger partial charge in [-0.2, -0.15) is 0 Å². The van der Waals surface area contributed by atoms with Crippen LogP contribution in [-0.4, -0.2) is 17.0 Å². The van der Waals surface area contributed by atoms with E-state index in [-0.39, 0.29) is 0 Å². The molecule has 3 nitrogen and oxygen atoms in total. The Bertz CT molecular complexity index is 567. The molecule has 2 aromatic rings. The van der Waals surface area contributed by atoms with Gasteiger partial charge >= 0.3 is 0 Å². The van der Waals surface area contributed by atoms with Crippen LogP contribution in [0.2, 0.25) is 0 Å². The largest absolute Gasteiger partial charge is 0.357 e. The number of nitrogens with one attached hydrogen (secondary N) is 1. The lowest BCUT2D eigenvalue weighted by atomic mass is 10.2. The van der Waals surface area contributed by atoms with Crippen LogP contribution in [0.25, 0.3) is 0 Å². The Morgan fingerprint density at radius 2 is 1.83 bits per heavy atom. The summed E-state index contributed by atoms with van der Waals surface area (Å²) in [5.74, 6) is 0.669. The first-order valence-corrected chi connectivity index (χ1v) is 6.68. The van der Waals surface area contributed by atoms with Crippen LogP contribution in [0.1, 0.15) is 16.8 Å². The zero-order valence-electron chi connectivity index (χ0n) is 11.1. The van der Waals surface area contributed by atoms with E-state index in [9.17, 15) is 0 Å². The summed E-state index contributed by atoms with van der Waals surface area (Å²) in [5.41, 5.74) is 3.54. The first-order valence-electron chi connectivity index (χ1n) is 5.87. The molecule has 0 aliphatic heterocycles. The normalized spacial score (nSPS) is 10.4. The zero-order valence-corrected chi connectivity index (χ0v) is 11.9. The number of anilines is 1. The van der Waals surface area contributed by atoms with E-state index < -0.39 is 0 Å². The fraction of sp³-hybridized carbons (Fsp3) is 0.286. The standard InChI is InChI=1S/C14H17N3S/c1-9-5-6-12(10(2)7-9)18-13-8-11(3)16-14(15-4)17-13/h5-8H,1-4H3,(H,15,16,17). The molecule has 1 aromatic carbocycles. The third-order valence-electron chi connectivity index (χ3n) is 2.60. The molecule has 0 bridgehead atoms. The van der Waals surface area contributed by atoms with E-state index in [2.05, 4.69) is 47.3 Å². The predicted molar refractivity (Wildman–Crippen MR) is 76.4 cm³/mol. The molecule has 2 rings (SSSR count). The molecular weight excluding hydrogens is 242 g/mol. The van der Waals surface area contributed by atoms with Crippen molar-refractivity contribution in [2.45, 2.75) is 30.7 Å². The molecule has 0 saturated heterocycles. The van der Waals surface area contributed by atoms with Gasteiger partial charge in [-0.15, -0.1) is 0 Å². The molecule has 0 spiro atoms. The highest BCUT2D eigenvalue weighted by Gasteiger charge is 2.05. The first-order chi connectivity index (χ1) is 8.58. The summed E-state index contributed by atoms with van der Waals surface area (Å²) < 4.78 is 0. The van der Waals surface area contributed by atoms with Crippen molar-refractivity contribution in [3.63, 3.8) is 0 Å². The minimum Gasteiger partial charge on any atom is -0.357 e. The molecule has 1 heterocycles. The van der Waals surface area contributed by atoms with Gasteiger partial charge in [-0.05, 0) is 38.5 Å². The topological polar surface area (TPSA) is 37.8 Å². The van der Waals surface area contributed by atoms with Gasteiger partial charge < -0.3 is 5.32 Å². The number of hydrogen-bond donors (Lipinski definition) is 1. The molecule has 0 amide bonds. The third-order valence-corrected chi connectivity index (χ3v) is 3.70. The van der Waals surface area contributed by atoms with Gasteiger partial charge in [0.15, 0.2) is 0 Å². The molecule has 0 fully saturated rings. The quantitative estimate of drug-likeness (QED) is 0.855. The van der Waals surface area contributed by atoms with Gasteiger partial charge in [0.25, 0.3) is 0 Å². The van der Waals surface area contributed by atoms with Crippen molar-refractivity contribution in [1.29, 1.82) is 0 Å². The summed E-state index contributed by atoms with van der Waals surface area (Å²) in [7, 11) is 1.83. The van der Waals surface area contributed by atoms with Gasteiger partial charge in [0.05, 0.1) is 0 Å². The zero-order chi connectivity index (χ0) is 13.1. The number of aromatic nitrogens is 2. The minimum absolute atomic E-state index is 0.669. The van der Waals surface area contributed by atoms with Crippen molar-refractivity contribution in [1.82, 2.24) is 9.97 Å².